The Balaban J connectivity index is 1.45. The molecule has 0 aliphatic carbocycles. The molecule has 0 aliphatic heterocycles. The number of halogens is 2. The lowest BCUT2D eigenvalue weighted by molar-refractivity contribution is 0.102. The van der Waals surface area contributed by atoms with Gasteiger partial charge in [0.25, 0.3) is 5.91 Å². The largest absolute Gasteiger partial charge is 0.340 e. The second-order valence-electron chi connectivity index (χ2n) is 6.97. The summed E-state index contributed by atoms with van der Waals surface area (Å²) in [5, 5.41) is 5.65. The Hall–Kier alpha value is -4.13. The molecule has 4 aromatic rings. The molecule has 0 radical (unpaired) electrons. The van der Waals surface area contributed by atoms with E-state index < -0.39 is 17.5 Å². The molecule has 0 unspecified atom stereocenters. The van der Waals surface area contributed by atoms with E-state index in [9.17, 15) is 13.6 Å². The van der Waals surface area contributed by atoms with E-state index in [1.54, 1.807) is 24.3 Å². The van der Waals surface area contributed by atoms with Gasteiger partial charge in [-0.15, -0.1) is 0 Å². The van der Waals surface area contributed by atoms with Gasteiger partial charge in [-0.05, 0) is 43.3 Å². The van der Waals surface area contributed by atoms with E-state index in [0.717, 1.165) is 35.1 Å². The SMILES string of the molecule is Cc1ccc(-c2cc(Nc3ccc(C(=O)Nc4cc(F)cc(F)c4)cc3)ncn2)cc1. The monoisotopic (exact) mass is 416 g/mol. The highest BCUT2D eigenvalue weighted by molar-refractivity contribution is 6.04. The van der Waals surface area contributed by atoms with Gasteiger partial charge in [0.2, 0.25) is 0 Å². The van der Waals surface area contributed by atoms with Gasteiger partial charge in [-0.2, -0.15) is 0 Å². The summed E-state index contributed by atoms with van der Waals surface area (Å²) in [5.74, 6) is -1.38. The third kappa shape index (κ3) is 5.08. The molecular weight excluding hydrogens is 398 g/mol. The molecule has 1 heterocycles. The van der Waals surface area contributed by atoms with Crippen LogP contribution in [0.1, 0.15) is 15.9 Å². The zero-order chi connectivity index (χ0) is 21.8. The molecule has 0 saturated heterocycles. The Morgan fingerprint density at radius 1 is 0.806 bits per heavy atom. The highest BCUT2D eigenvalue weighted by Gasteiger charge is 2.09. The van der Waals surface area contributed by atoms with Crippen LogP contribution in [0.2, 0.25) is 0 Å². The first-order chi connectivity index (χ1) is 15.0. The molecule has 0 aliphatic rings. The third-order valence-corrected chi connectivity index (χ3v) is 4.55. The van der Waals surface area contributed by atoms with Crippen molar-refractivity contribution in [1.82, 2.24) is 9.97 Å². The van der Waals surface area contributed by atoms with Crippen LogP contribution in [0, 0.1) is 18.6 Å². The highest BCUT2D eigenvalue weighted by atomic mass is 19.1. The molecule has 0 saturated carbocycles. The topological polar surface area (TPSA) is 66.9 Å². The highest BCUT2D eigenvalue weighted by Crippen LogP contribution is 2.22. The average molecular weight is 416 g/mol. The number of aryl methyl sites for hydroxylation is 1. The molecule has 154 valence electrons. The molecule has 1 amide bonds. The number of aromatic nitrogens is 2. The summed E-state index contributed by atoms with van der Waals surface area (Å²) in [4.78, 5) is 20.9. The maximum Gasteiger partial charge on any atom is 0.255 e. The predicted molar refractivity (Wildman–Crippen MR) is 116 cm³/mol. The molecule has 5 nitrogen and oxygen atoms in total. The average Bonchev–Trinajstić information content (AvgIpc) is 2.74. The van der Waals surface area contributed by atoms with Crippen molar-refractivity contribution in [2.75, 3.05) is 10.6 Å². The number of hydrogen-bond acceptors (Lipinski definition) is 4. The second-order valence-corrected chi connectivity index (χ2v) is 6.97. The van der Waals surface area contributed by atoms with Gasteiger partial charge in [-0.1, -0.05) is 29.8 Å². The lowest BCUT2D eigenvalue weighted by Gasteiger charge is -2.09. The van der Waals surface area contributed by atoms with Crippen LogP contribution >= 0.6 is 0 Å². The number of nitrogens with one attached hydrogen (secondary N) is 2. The number of carbonyl (C=O) groups is 1. The van der Waals surface area contributed by atoms with Crippen LogP contribution in [-0.4, -0.2) is 15.9 Å². The quantitative estimate of drug-likeness (QED) is 0.436. The molecule has 0 spiro atoms. The Morgan fingerprint density at radius 2 is 1.48 bits per heavy atom. The Kier molecular flexibility index (Phi) is 5.66. The zero-order valence-corrected chi connectivity index (χ0v) is 16.6. The first kappa shape index (κ1) is 20.2. The fraction of sp³-hybridized carbons (Fsp3) is 0.0417. The molecule has 1 aromatic heterocycles. The summed E-state index contributed by atoms with van der Waals surface area (Å²) in [6.07, 6.45) is 1.48. The molecule has 0 bridgehead atoms. The van der Waals surface area contributed by atoms with Crippen LogP contribution in [0.4, 0.5) is 26.0 Å². The van der Waals surface area contributed by atoms with Crippen LogP contribution < -0.4 is 10.6 Å². The zero-order valence-electron chi connectivity index (χ0n) is 16.6. The molecule has 7 heteroatoms. The number of nitrogens with zero attached hydrogens (tertiary/aromatic N) is 2. The van der Waals surface area contributed by atoms with Crippen LogP contribution in [0.25, 0.3) is 11.3 Å². The number of anilines is 3. The number of hydrogen-bond donors (Lipinski definition) is 2. The van der Waals surface area contributed by atoms with Gasteiger partial charge in [0.1, 0.15) is 23.8 Å². The van der Waals surface area contributed by atoms with E-state index in [4.69, 9.17) is 0 Å². The summed E-state index contributed by atoms with van der Waals surface area (Å²) in [6, 6.07) is 19.4. The normalized spacial score (nSPS) is 10.5. The molecule has 31 heavy (non-hydrogen) atoms. The van der Waals surface area contributed by atoms with Crippen molar-refractivity contribution in [3.63, 3.8) is 0 Å². The lowest BCUT2D eigenvalue weighted by atomic mass is 10.1. The summed E-state index contributed by atoms with van der Waals surface area (Å²) in [7, 11) is 0. The van der Waals surface area contributed by atoms with Gasteiger partial charge in [0.15, 0.2) is 0 Å². The van der Waals surface area contributed by atoms with Crippen molar-refractivity contribution in [3.8, 4) is 11.3 Å². The van der Waals surface area contributed by atoms with E-state index in [2.05, 4.69) is 20.6 Å². The Labute approximate surface area is 177 Å². The standard InChI is InChI=1S/C24H18F2N4O/c1-15-2-4-16(5-3-15)22-13-23(28-14-27-22)29-20-8-6-17(7-9-20)24(31)30-21-11-18(25)10-19(26)12-21/h2-14H,1H3,(H,30,31)(H,27,28,29). The van der Waals surface area contributed by atoms with Crippen molar-refractivity contribution < 1.29 is 13.6 Å². The smallest absolute Gasteiger partial charge is 0.255 e. The van der Waals surface area contributed by atoms with Gasteiger partial charge in [-0.25, -0.2) is 18.7 Å². The van der Waals surface area contributed by atoms with Crippen LogP contribution in [0.3, 0.4) is 0 Å². The molecule has 4 rings (SSSR count). The maximum atomic E-state index is 13.3. The molecule has 0 atom stereocenters. The summed E-state index contributed by atoms with van der Waals surface area (Å²) in [6.45, 7) is 2.02. The van der Waals surface area contributed by atoms with Crippen molar-refractivity contribution in [3.05, 3.63) is 102 Å². The van der Waals surface area contributed by atoms with Gasteiger partial charge >= 0.3 is 0 Å². The summed E-state index contributed by atoms with van der Waals surface area (Å²) in [5.41, 5.74) is 4.06. The number of rotatable bonds is 5. The van der Waals surface area contributed by atoms with E-state index in [1.807, 2.05) is 37.3 Å². The first-order valence-electron chi connectivity index (χ1n) is 9.50. The molecule has 0 fully saturated rings. The van der Waals surface area contributed by atoms with Crippen LogP contribution in [-0.2, 0) is 0 Å². The molecule has 3 aromatic carbocycles. The van der Waals surface area contributed by atoms with Gasteiger partial charge in [0.05, 0.1) is 5.69 Å². The van der Waals surface area contributed by atoms with Crippen molar-refractivity contribution in [1.29, 1.82) is 0 Å². The van der Waals surface area contributed by atoms with E-state index in [0.29, 0.717) is 11.4 Å². The Morgan fingerprint density at radius 3 is 2.16 bits per heavy atom. The number of benzene rings is 3. The maximum absolute atomic E-state index is 13.3. The number of amides is 1. The minimum Gasteiger partial charge on any atom is -0.340 e. The van der Waals surface area contributed by atoms with E-state index in [-0.39, 0.29) is 5.69 Å². The van der Waals surface area contributed by atoms with Crippen molar-refractivity contribution >= 4 is 23.1 Å². The van der Waals surface area contributed by atoms with Gasteiger partial charge in [0, 0.05) is 34.6 Å². The fourth-order valence-corrected chi connectivity index (χ4v) is 2.99. The van der Waals surface area contributed by atoms with Gasteiger partial charge < -0.3 is 10.6 Å². The van der Waals surface area contributed by atoms with Crippen LogP contribution in [0.15, 0.2) is 79.1 Å². The summed E-state index contributed by atoms with van der Waals surface area (Å²) < 4.78 is 26.6. The molecular formula is C24H18F2N4O. The van der Waals surface area contributed by atoms with E-state index >= 15 is 0 Å². The Bertz CT molecular complexity index is 1210. The van der Waals surface area contributed by atoms with Crippen molar-refractivity contribution in [2.24, 2.45) is 0 Å². The minimum atomic E-state index is -0.760. The van der Waals surface area contributed by atoms with Crippen LogP contribution in [0.5, 0.6) is 0 Å². The van der Waals surface area contributed by atoms with Crippen molar-refractivity contribution in [2.45, 2.75) is 6.92 Å². The minimum absolute atomic E-state index is 0.0503. The molecule has 2 N–H and O–H groups in total. The first-order valence-corrected chi connectivity index (χ1v) is 9.50. The lowest BCUT2D eigenvalue weighted by Crippen LogP contribution is -2.12. The fourth-order valence-electron chi connectivity index (χ4n) is 2.99. The predicted octanol–water partition coefficient (Wildman–Crippen LogP) is 5.73. The summed E-state index contributed by atoms with van der Waals surface area (Å²) >= 11 is 0. The second kappa shape index (κ2) is 8.71. The van der Waals surface area contributed by atoms with E-state index in [1.165, 1.54) is 11.9 Å². The van der Waals surface area contributed by atoms with Gasteiger partial charge in [-0.3, -0.25) is 4.79 Å². The number of carbonyl (C=O) groups excluding carboxylic acids is 1. The third-order valence-electron chi connectivity index (χ3n) is 4.55.